The fourth-order valence-corrected chi connectivity index (χ4v) is 3.13. The van der Waals surface area contributed by atoms with Crippen molar-refractivity contribution < 1.29 is 27.4 Å². The van der Waals surface area contributed by atoms with Crippen molar-refractivity contribution in [2.75, 3.05) is 19.8 Å². The summed E-state index contributed by atoms with van der Waals surface area (Å²) < 4.78 is 38.2. The van der Waals surface area contributed by atoms with E-state index < -0.39 is 16.0 Å². The molecule has 0 saturated heterocycles. The van der Waals surface area contributed by atoms with Crippen LogP contribution in [0.4, 0.5) is 0 Å². The predicted molar refractivity (Wildman–Crippen MR) is 105 cm³/mol. The Morgan fingerprint density at radius 2 is 1.64 bits per heavy atom. The summed E-state index contributed by atoms with van der Waals surface area (Å²) in [5.41, 5.74) is 2.35. The number of carbonyl (C=O) groups is 1. The molecule has 0 aromatic heterocycles. The van der Waals surface area contributed by atoms with Gasteiger partial charge in [0.05, 0.1) is 4.90 Å². The van der Waals surface area contributed by atoms with Gasteiger partial charge in [-0.15, -0.1) is 0 Å². The Balaban J connectivity index is 1.71. The molecule has 8 heteroatoms. The third-order valence-electron chi connectivity index (χ3n) is 3.99. The van der Waals surface area contributed by atoms with Crippen LogP contribution in [0.3, 0.4) is 0 Å². The van der Waals surface area contributed by atoms with Crippen molar-refractivity contribution in [3.8, 4) is 11.5 Å². The first kappa shape index (κ1) is 21.7. The van der Waals surface area contributed by atoms with Crippen molar-refractivity contribution in [3.05, 3.63) is 53.6 Å². The first-order chi connectivity index (χ1) is 13.2. The van der Waals surface area contributed by atoms with Gasteiger partial charge in [-0.2, -0.15) is 0 Å². The normalized spacial score (nSPS) is 11.3. The lowest BCUT2D eigenvalue weighted by molar-refractivity contribution is -0.146. The van der Waals surface area contributed by atoms with E-state index in [-0.39, 0.29) is 24.7 Å². The minimum atomic E-state index is -3.73. The first-order valence-electron chi connectivity index (χ1n) is 8.81. The van der Waals surface area contributed by atoms with E-state index in [1.807, 2.05) is 25.1 Å². The minimum absolute atomic E-state index is 0.0000835. The fraction of sp³-hybridized carbons (Fsp3) is 0.350. The topological polar surface area (TPSA) is 105 Å². The van der Waals surface area contributed by atoms with E-state index in [9.17, 15) is 13.2 Å². The number of benzene rings is 2. The largest absolute Gasteiger partial charge is 0.490 e. The second kappa shape index (κ2) is 9.57. The molecule has 0 aliphatic carbocycles. The molecule has 0 bridgehead atoms. The number of sulfonamides is 1. The number of rotatable bonds is 9. The summed E-state index contributed by atoms with van der Waals surface area (Å²) in [6, 6.07) is 11.4. The number of hydrogen-bond acceptors (Lipinski definition) is 6. The monoisotopic (exact) mass is 407 g/mol. The number of hydrogen-bond donors (Lipinski definition) is 1. The summed E-state index contributed by atoms with van der Waals surface area (Å²) in [7, 11) is -3.73. The van der Waals surface area contributed by atoms with Crippen molar-refractivity contribution in [3.63, 3.8) is 0 Å². The standard InChI is InChI=1S/C20H25NO6S/c1-14(2)19-9-6-17(12-15(19)3)27-13-20(22)26-11-10-25-16-4-7-18(8-5-16)28(21,23)24/h4-9,12,14H,10-11,13H2,1-3H3,(H2,21,23,24). The van der Waals surface area contributed by atoms with E-state index in [2.05, 4.69) is 13.8 Å². The van der Waals surface area contributed by atoms with Crippen LogP contribution in [-0.2, 0) is 19.6 Å². The number of ether oxygens (including phenoxy) is 3. The molecule has 0 heterocycles. The lowest BCUT2D eigenvalue weighted by Crippen LogP contribution is -2.18. The maximum absolute atomic E-state index is 11.8. The van der Waals surface area contributed by atoms with Crippen molar-refractivity contribution in [2.45, 2.75) is 31.6 Å². The molecule has 2 aromatic rings. The molecular formula is C20H25NO6S. The highest BCUT2D eigenvalue weighted by Crippen LogP contribution is 2.23. The summed E-state index contributed by atoms with van der Waals surface area (Å²) in [6.07, 6.45) is 0. The van der Waals surface area contributed by atoms with Gasteiger partial charge < -0.3 is 14.2 Å². The Morgan fingerprint density at radius 1 is 1.00 bits per heavy atom. The van der Waals surface area contributed by atoms with Gasteiger partial charge in [0.15, 0.2) is 6.61 Å². The highest BCUT2D eigenvalue weighted by Gasteiger charge is 2.09. The smallest absolute Gasteiger partial charge is 0.344 e. The Bertz CT molecular complexity index is 907. The number of nitrogens with two attached hydrogens (primary N) is 1. The van der Waals surface area contributed by atoms with Gasteiger partial charge in [-0.1, -0.05) is 19.9 Å². The zero-order valence-corrected chi connectivity index (χ0v) is 17.0. The molecule has 2 N–H and O–H groups in total. The quantitative estimate of drug-likeness (QED) is 0.506. The predicted octanol–water partition coefficient (Wildman–Crippen LogP) is 2.77. The van der Waals surface area contributed by atoms with E-state index in [1.165, 1.54) is 29.8 Å². The number of carbonyl (C=O) groups excluding carboxylic acids is 1. The maximum Gasteiger partial charge on any atom is 0.344 e. The van der Waals surface area contributed by atoms with Gasteiger partial charge in [0.25, 0.3) is 0 Å². The number of esters is 1. The molecule has 0 atom stereocenters. The van der Waals surface area contributed by atoms with Crippen LogP contribution < -0.4 is 14.6 Å². The van der Waals surface area contributed by atoms with Crippen molar-refractivity contribution in [2.24, 2.45) is 5.14 Å². The highest BCUT2D eigenvalue weighted by atomic mass is 32.2. The van der Waals surface area contributed by atoms with Gasteiger partial charge in [-0.05, 0) is 60.4 Å². The molecule has 152 valence electrons. The molecule has 0 aliphatic rings. The van der Waals surface area contributed by atoms with Gasteiger partial charge in [0.2, 0.25) is 10.0 Å². The molecule has 0 radical (unpaired) electrons. The van der Waals surface area contributed by atoms with Gasteiger partial charge in [-0.25, -0.2) is 18.4 Å². The molecule has 0 amide bonds. The van der Waals surface area contributed by atoms with Crippen LogP contribution in [0.15, 0.2) is 47.4 Å². The van der Waals surface area contributed by atoms with Crippen molar-refractivity contribution in [1.82, 2.24) is 0 Å². The van der Waals surface area contributed by atoms with E-state index in [4.69, 9.17) is 19.3 Å². The van der Waals surface area contributed by atoms with E-state index in [0.29, 0.717) is 17.4 Å². The minimum Gasteiger partial charge on any atom is -0.490 e. The SMILES string of the molecule is Cc1cc(OCC(=O)OCCOc2ccc(S(N)(=O)=O)cc2)ccc1C(C)C. The first-order valence-corrected chi connectivity index (χ1v) is 10.4. The van der Waals surface area contributed by atoms with Crippen molar-refractivity contribution >= 4 is 16.0 Å². The zero-order chi connectivity index (χ0) is 20.7. The van der Waals surface area contributed by atoms with Crippen LogP contribution in [-0.4, -0.2) is 34.2 Å². The molecule has 2 aromatic carbocycles. The highest BCUT2D eigenvalue weighted by molar-refractivity contribution is 7.89. The molecule has 0 saturated carbocycles. The van der Waals surface area contributed by atoms with Crippen LogP contribution in [0.5, 0.6) is 11.5 Å². The lowest BCUT2D eigenvalue weighted by Gasteiger charge is -2.12. The summed E-state index contributed by atoms with van der Waals surface area (Å²) in [4.78, 5) is 11.8. The Labute approximate surface area is 165 Å². The maximum atomic E-state index is 11.8. The number of primary sulfonamides is 1. The molecule has 0 unspecified atom stereocenters. The Kier molecular flexibility index (Phi) is 7.42. The van der Waals surface area contributed by atoms with Crippen LogP contribution in [0.25, 0.3) is 0 Å². The van der Waals surface area contributed by atoms with Gasteiger partial charge in [0, 0.05) is 0 Å². The lowest BCUT2D eigenvalue weighted by atomic mass is 9.98. The molecule has 2 rings (SSSR count). The van der Waals surface area contributed by atoms with E-state index in [0.717, 1.165) is 5.56 Å². The molecule has 0 spiro atoms. The summed E-state index contributed by atoms with van der Waals surface area (Å²) in [5.74, 6) is 0.985. The molecule has 0 fully saturated rings. The van der Waals surface area contributed by atoms with Crippen LogP contribution in [0.2, 0.25) is 0 Å². The van der Waals surface area contributed by atoms with Gasteiger partial charge in [0.1, 0.15) is 24.7 Å². The third kappa shape index (κ3) is 6.54. The average Bonchev–Trinajstić information content (AvgIpc) is 2.63. The second-order valence-corrected chi connectivity index (χ2v) is 8.11. The molecule has 0 aliphatic heterocycles. The number of aryl methyl sites for hydroxylation is 1. The fourth-order valence-electron chi connectivity index (χ4n) is 2.61. The average molecular weight is 407 g/mol. The van der Waals surface area contributed by atoms with E-state index >= 15 is 0 Å². The van der Waals surface area contributed by atoms with Crippen molar-refractivity contribution in [1.29, 1.82) is 0 Å². The molecule has 7 nitrogen and oxygen atoms in total. The van der Waals surface area contributed by atoms with Gasteiger partial charge in [-0.3, -0.25) is 0 Å². The van der Waals surface area contributed by atoms with E-state index in [1.54, 1.807) is 0 Å². The summed E-state index contributed by atoms with van der Waals surface area (Å²) in [5, 5.41) is 5.02. The third-order valence-corrected chi connectivity index (χ3v) is 4.92. The summed E-state index contributed by atoms with van der Waals surface area (Å²) in [6.45, 7) is 6.23. The second-order valence-electron chi connectivity index (χ2n) is 6.55. The molecular weight excluding hydrogens is 382 g/mol. The molecule has 28 heavy (non-hydrogen) atoms. The van der Waals surface area contributed by atoms with Gasteiger partial charge >= 0.3 is 5.97 Å². The Hall–Kier alpha value is -2.58. The Morgan fingerprint density at radius 3 is 2.21 bits per heavy atom. The van der Waals surface area contributed by atoms with Crippen LogP contribution in [0, 0.1) is 6.92 Å². The summed E-state index contributed by atoms with van der Waals surface area (Å²) >= 11 is 0. The van der Waals surface area contributed by atoms with Crippen LogP contribution >= 0.6 is 0 Å². The van der Waals surface area contributed by atoms with Crippen LogP contribution in [0.1, 0.15) is 30.9 Å². The zero-order valence-electron chi connectivity index (χ0n) is 16.2.